The highest BCUT2D eigenvalue weighted by atomic mass is 32.1. The van der Waals surface area contributed by atoms with Crippen LogP contribution in [0, 0.1) is 11.3 Å². The van der Waals surface area contributed by atoms with E-state index in [1.807, 2.05) is 56.3 Å². The molecule has 0 N–H and O–H groups in total. The molecule has 28 heavy (non-hydrogen) atoms. The van der Waals surface area contributed by atoms with E-state index in [0.717, 1.165) is 41.1 Å². The maximum Gasteiger partial charge on any atom is 0.245 e. The molecule has 0 saturated carbocycles. The van der Waals surface area contributed by atoms with Crippen LogP contribution in [0.1, 0.15) is 48.3 Å². The van der Waals surface area contributed by atoms with Gasteiger partial charge in [-0.15, -0.1) is 11.3 Å². The summed E-state index contributed by atoms with van der Waals surface area (Å²) < 4.78 is 11.9. The fourth-order valence-corrected chi connectivity index (χ4v) is 4.71. The Morgan fingerprint density at radius 2 is 1.93 bits per heavy atom. The van der Waals surface area contributed by atoms with Crippen molar-refractivity contribution in [2.45, 2.75) is 45.3 Å². The summed E-state index contributed by atoms with van der Waals surface area (Å²) in [6.45, 7) is 3.77. The van der Waals surface area contributed by atoms with E-state index >= 15 is 0 Å². The third-order valence-corrected chi connectivity index (χ3v) is 5.95. The Labute approximate surface area is 169 Å². The van der Waals surface area contributed by atoms with Crippen molar-refractivity contribution in [3.05, 3.63) is 69.8 Å². The van der Waals surface area contributed by atoms with E-state index in [4.69, 9.17) is 9.47 Å². The summed E-state index contributed by atoms with van der Waals surface area (Å²) in [5.41, 5.74) is 2.94. The van der Waals surface area contributed by atoms with Gasteiger partial charge in [-0.3, -0.25) is 0 Å². The van der Waals surface area contributed by atoms with Gasteiger partial charge in [-0.1, -0.05) is 30.3 Å². The minimum Gasteiger partial charge on any atom is -0.453 e. The average molecular weight is 391 g/mol. The predicted molar refractivity (Wildman–Crippen MR) is 113 cm³/mol. The number of allylic oxidation sites excluding steroid dienone is 2. The van der Waals surface area contributed by atoms with Crippen molar-refractivity contribution >= 4 is 28.3 Å². The summed E-state index contributed by atoms with van der Waals surface area (Å²) in [6.07, 6.45) is 9.81. The Hall–Kier alpha value is -2.84. The van der Waals surface area contributed by atoms with Crippen LogP contribution in [0.15, 0.2) is 53.2 Å². The molecule has 1 aliphatic carbocycles. The Balaban J connectivity index is 1.62. The number of fused-ring (bicyclic) bond motifs is 1. The van der Waals surface area contributed by atoms with Gasteiger partial charge in [0.25, 0.3) is 0 Å². The molecule has 0 bridgehead atoms. The minimum absolute atomic E-state index is 0.679. The van der Waals surface area contributed by atoms with E-state index in [2.05, 4.69) is 11.1 Å². The first kappa shape index (κ1) is 18.5. The highest BCUT2D eigenvalue weighted by molar-refractivity contribution is 7.16. The Kier molecular flexibility index (Phi) is 5.06. The largest absolute Gasteiger partial charge is 0.453 e. The third kappa shape index (κ3) is 3.88. The number of nitriles is 1. The molecule has 4 nitrogen and oxygen atoms in total. The molecule has 4 rings (SSSR count). The minimum atomic E-state index is -0.764. The molecule has 2 heterocycles. The fourth-order valence-electron chi connectivity index (χ4n) is 3.52. The van der Waals surface area contributed by atoms with Crippen molar-refractivity contribution in [3.63, 3.8) is 0 Å². The monoisotopic (exact) mass is 390 g/mol. The quantitative estimate of drug-likeness (QED) is 0.612. The lowest BCUT2D eigenvalue weighted by molar-refractivity contribution is -0.149. The topological polar surface area (TPSA) is 54.6 Å². The molecule has 1 aromatic carbocycles. The first-order valence-corrected chi connectivity index (χ1v) is 10.3. The Morgan fingerprint density at radius 3 is 2.71 bits per heavy atom. The van der Waals surface area contributed by atoms with Crippen LogP contribution in [0.3, 0.4) is 0 Å². The molecule has 1 aliphatic heterocycles. The number of aliphatic imine (C=N–C) groups is 1. The Morgan fingerprint density at radius 1 is 1.14 bits per heavy atom. The molecular formula is C23H22N2O2S. The van der Waals surface area contributed by atoms with Crippen LogP contribution in [-0.2, 0) is 22.3 Å². The van der Waals surface area contributed by atoms with Crippen LogP contribution in [0.25, 0.3) is 5.76 Å². The second-order valence-electron chi connectivity index (χ2n) is 7.33. The zero-order chi connectivity index (χ0) is 19.6. The van der Waals surface area contributed by atoms with Crippen LogP contribution >= 0.6 is 11.3 Å². The zero-order valence-electron chi connectivity index (χ0n) is 16.1. The van der Waals surface area contributed by atoms with E-state index in [0.29, 0.717) is 5.76 Å². The summed E-state index contributed by atoms with van der Waals surface area (Å²) in [7, 11) is 0. The second kappa shape index (κ2) is 7.65. The second-order valence-corrected chi connectivity index (χ2v) is 8.41. The normalized spacial score (nSPS) is 19.5. The van der Waals surface area contributed by atoms with Crippen molar-refractivity contribution in [3.8, 4) is 6.07 Å². The number of hydrogen-bond donors (Lipinski definition) is 0. The van der Waals surface area contributed by atoms with Gasteiger partial charge in [0.05, 0.1) is 5.56 Å². The van der Waals surface area contributed by atoms with Gasteiger partial charge < -0.3 is 9.47 Å². The molecule has 0 saturated heterocycles. The highest BCUT2D eigenvalue weighted by Crippen LogP contribution is 2.39. The van der Waals surface area contributed by atoms with Gasteiger partial charge in [0.1, 0.15) is 22.6 Å². The smallest absolute Gasteiger partial charge is 0.245 e. The lowest BCUT2D eigenvalue weighted by Gasteiger charge is -2.33. The van der Waals surface area contributed by atoms with Crippen LogP contribution in [0.5, 0.6) is 0 Å². The molecule has 1 aromatic heterocycles. The Bertz CT molecular complexity index is 1010. The first-order valence-electron chi connectivity index (χ1n) is 9.50. The number of aryl methyl sites for hydroxylation is 1. The lowest BCUT2D eigenvalue weighted by atomic mass is 9.96. The third-order valence-electron chi connectivity index (χ3n) is 4.75. The molecule has 2 aliphatic rings. The molecule has 0 spiro atoms. The van der Waals surface area contributed by atoms with Crippen molar-refractivity contribution in [2.75, 3.05) is 0 Å². The van der Waals surface area contributed by atoms with Crippen molar-refractivity contribution in [1.29, 1.82) is 5.26 Å². The SMILES string of the molecule is CC1(C)OC(c2ccccc2)=C/C(=C/C=Nc2sc3c(c2C#N)CCCC3)O1. The number of thiophene rings is 1. The van der Waals surface area contributed by atoms with Gasteiger partial charge in [0.2, 0.25) is 5.79 Å². The van der Waals surface area contributed by atoms with Crippen LogP contribution in [0.4, 0.5) is 5.00 Å². The van der Waals surface area contributed by atoms with Crippen molar-refractivity contribution < 1.29 is 9.47 Å². The number of rotatable bonds is 3. The summed E-state index contributed by atoms with van der Waals surface area (Å²) in [5.74, 6) is 0.680. The highest BCUT2D eigenvalue weighted by Gasteiger charge is 2.28. The zero-order valence-corrected chi connectivity index (χ0v) is 16.9. The summed E-state index contributed by atoms with van der Waals surface area (Å²) in [6, 6.07) is 12.3. The summed E-state index contributed by atoms with van der Waals surface area (Å²) in [4.78, 5) is 5.88. The van der Waals surface area contributed by atoms with Crippen LogP contribution in [-0.4, -0.2) is 12.0 Å². The molecule has 0 amide bonds. The van der Waals surface area contributed by atoms with Gasteiger partial charge in [0, 0.05) is 36.6 Å². The average Bonchev–Trinajstić information content (AvgIpc) is 3.05. The van der Waals surface area contributed by atoms with Crippen molar-refractivity contribution in [2.24, 2.45) is 4.99 Å². The van der Waals surface area contributed by atoms with Crippen LogP contribution in [0.2, 0.25) is 0 Å². The maximum absolute atomic E-state index is 9.56. The van der Waals surface area contributed by atoms with E-state index in [1.165, 1.54) is 16.9 Å². The lowest BCUT2D eigenvalue weighted by Crippen LogP contribution is -2.30. The molecular weight excluding hydrogens is 368 g/mol. The number of benzene rings is 1. The maximum atomic E-state index is 9.56. The standard InChI is InChI=1S/C23H22N2O2S/c1-23(2)26-17(14-20(27-23)16-8-4-3-5-9-16)12-13-25-22-19(15-24)18-10-6-7-11-21(18)28-22/h3-5,8-9,12-14H,6-7,10-11H2,1-2H3/b17-12-,25-13?. The van der Waals surface area contributed by atoms with E-state index < -0.39 is 5.79 Å². The molecule has 0 radical (unpaired) electrons. The molecule has 0 atom stereocenters. The van der Waals surface area contributed by atoms with Crippen LogP contribution < -0.4 is 0 Å². The van der Waals surface area contributed by atoms with Gasteiger partial charge in [0.15, 0.2) is 0 Å². The number of ether oxygens (including phenoxy) is 2. The first-order chi connectivity index (χ1) is 13.6. The fraction of sp³-hybridized carbons (Fsp3) is 0.304. The summed E-state index contributed by atoms with van der Waals surface area (Å²) >= 11 is 1.64. The van der Waals surface area contributed by atoms with E-state index in [9.17, 15) is 5.26 Å². The molecule has 5 heteroatoms. The van der Waals surface area contributed by atoms with Gasteiger partial charge in [-0.2, -0.15) is 5.26 Å². The van der Waals surface area contributed by atoms with Gasteiger partial charge >= 0.3 is 0 Å². The van der Waals surface area contributed by atoms with E-state index in [1.54, 1.807) is 17.6 Å². The predicted octanol–water partition coefficient (Wildman–Crippen LogP) is 5.91. The molecule has 0 unspecified atom stereocenters. The number of nitrogens with zero attached hydrogens (tertiary/aromatic N) is 2. The van der Waals surface area contributed by atoms with Gasteiger partial charge in [-0.05, 0) is 37.3 Å². The molecule has 2 aromatic rings. The summed E-state index contributed by atoms with van der Waals surface area (Å²) in [5, 5.41) is 10.4. The molecule has 142 valence electrons. The number of hydrogen-bond acceptors (Lipinski definition) is 5. The van der Waals surface area contributed by atoms with Gasteiger partial charge in [-0.25, -0.2) is 4.99 Å². The molecule has 0 fully saturated rings. The van der Waals surface area contributed by atoms with Crippen molar-refractivity contribution in [1.82, 2.24) is 0 Å². The van der Waals surface area contributed by atoms with E-state index in [-0.39, 0.29) is 0 Å².